The summed E-state index contributed by atoms with van der Waals surface area (Å²) in [6.45, 7) is 1.12. The normalized spacial score (nSPS) is 19.2. The van der Waals surface area contributed by atoms with E-state index in [2.05, 4.69) is 25.8 Å². The zero-order valence-corrected chi connectivity index (χ0v) is 15.7. The van der Waals surface area contributed by atoms with E-state index in [0.717, 1.165) is 6.42 Å². The molecule has 0 spiro atoms. The van der Waals surface area contributed by atoms with Crippen LogP contribution < -0.4 is 22.1 Å². The molecule has 2 atom stereocenters. The Morgan fingerprint density at radius 3 is 2.97 bits per heavy atom. The first-order valence-electron chi connectivity index (χ1n) is 9.01. The quantitative estimate of drug-likeness (QED) is 0.438. The maximum absolute atomic E-state index is 12.8. The number of carbonyl (C=O) groups excluding carboxylic acids is 2. The summed E-state index contributed by atoms with van der Waals surface area (Å²) in [6, 6.07) is 1.62. The predicted octanol–water partition coefficient (Wildman–Crippen LogP) is -0.658. The number of primary amides is 1. The average Bonchev–Trinajstić information content (AvgIpc) is 3.26. The number of fused-ring (bicyclic) bond motifs is 1. The molecule has 0 bridgehead atoms. The first-order valence-corrected chi connectivity index (χ1v) is 9.01. The topological polar surface area (TPSA) is 167 Å². The van der Waals surface area contributed by atoms with Crippen molar-refractivity contribution in [1.82, 2.24) is 24.4 Å². The summed E-state index contributed by atoms with van der Waals surface area (Å²) in [5, 5.41) is 14.0. The van der Waals surface area contributed by atoms with E-state index in [-0.39, 0.29) is 29.0 Å². The van der Waals surface area contributed by atoms with Gasteiger partial charge in [0.2, 0.25) is 0 Å². The number of nitrogens with one attached hydrogen (secondary N) is 2. The van der Waals surface area contributed by atoms with Crippen molar-refractivity contribution in [1.29, 1.82) is 0 Å². The van der Waals surface area contributed by atoms with Crippen LogP contribution in [-0.2, 0) is 11.8 Å². The van der Waals surface area contributed by atoms with Crippen LogP contribution in [0.3, 0.4) is 0 Å². The van der Waals surface area contributed by atoms with Crippen molar-refractivity contribution in [3.05, 3.63) is 35.9 Å². The zero-order chi connectivity index (χ0) is 20.5. The second-order valence-electron chi connectivity index (χ2n) is 6.80. The van der Waals surface area contributed by atoms with Gasteiger partial charge >= 0.3 is 0 Å². The van der Waals surface area contributed by atoms with Gasteiger partial charge in [0.05, 0.1) is 24.5 Å². The summed E-state index contributed by atoms with van der Waals surface area (Å²) in [5.74, 6) is -0.675. The Labute approximate surface area is 165 Å². The van der Waals surface area contributed by atoms with Gasteiger partial charge in [-0.15, -0.1) is 0 Å². The SMILES string of the molecule is Cn1cc(NC(=O)c2cnn3ccc(N[C@H]4COCC[C@H]4N)nc23)c(C(N)=O)n1. The van der Waals surface area contributed by atoms with Crippen LogP contribution in [0, 0.1) is 0 Å². The van der Waals surface area contributed by atoms with Gasteiger partial charge in [-0.3, -0.25) is 14.3 Å². The van der Waals surface area contributed by atoms with Gasteiger partial charge < -0.3 is 26.8 Å². The number of ether oxygens (including phenoxy) is 1. The minimum absolute atomic E-state index is 0.0288. The van der Waals surface area contributed by atoms with E-state index in [0.29, 0.717) is 24.7 Å². The molecule has 4 heterocycles. The highest BCUT2D eigenvalue weighted by atomic mass is 16.5. The van der Waals surface area contributed by atoms with Gasteiger partial charge in [-0.1, -0.05) is 0 Å². The third-order valence-electron chi connectivity index (χ3n) is 4.67. The van der Waals surface area contributed by atoms with Gasteiger partial charge in [-0.25, -0.2) is 9.50 Å². The lowest BCUT2D eigenvalue weighted by molar-refractivity contribution is 0.0767. The number of nitrogens with zero attached hydrogens (tertiary/aromatic N) is 5. The molecule has 0 radical (unpaired) electrons. The molecule has 0 saturated carbocycles. The van der Waals surface area contributed by atoms with E-state index in [1.165, 1.54) is 21.6 Å². The van der Waals surface area contributed by atoms with Crippen LogP contribution in [0.5, 0.6) is 0 Å². The van der Waals surface area contributed by atoms with Crippen molar-refractivity contribution >= 4 is 29.0 Å². The molecule has 1 saturated heterocycles. The molecule has 3 aromatic rings. The molecule has 1 fully saturated rings. The molecule has 12 nitrogen and oxygen atoms in total. The van der Waals surface area contributed by atoms with E-state index >= 15 is 0 Å². The highest BCUT2D eigenvalue weighted by Gasteiger charge is 2.23. The molecule has 6 N–H and O–H groups in total. The van der Waals surface area contributed by atoms with Gasteiger partial charge in [0.25, 0.3) is 11.8 Å². The second-order valence-corrected chi connectivity index (χ2v) is 6.80. The molecular formula is C17H21N9O3. The number of amides is 2. The molecule has 3 aromatic heterocycles. The maximum Gasteiger partial charge on any atom is 0.271 e. The lowest BCUT2D eigenvalue weighted by Crippen LogP contribution is -2.47. The van der Waals surface area contributed by atoms with Crippen molar-refractivity contribution in [2.24, 2.45) is 18.5 Å². The highest BCUT2D eigenvalue weighted by molar-refractivity contribution is 6.10. The van der Waals surface area contributed by atoms with E-state index < -0.39 is 11.8 Å². The molecule has 0 aromatic carbocycles. The largest absolute Gasteiger partial charge is 0.379 e. The molecule has 1 aliphatic rings. The lowest BCUT2D eigenvalue weighted by atomic mass is 10.1. The van der Waals surface area contributed by atoms with Crippen molar-refractivity contribution in [3.63, 3.8) is 0 Å². The Hall–Kier alpha value is -3.51. The Morgan fingerprint density at radius 1 is 1.38 bits per heavy atom. The van der Waals surface area contributed by atoms with Crippen LogP contribution in [0.25, 0.3) is 5.65 Å². The molecule has 2 amide bonds. The third kappa shape index (κ3) is 3.75. The number of nitrogens with two attached hydrogens (primary N) is 2. The second kappa shape index (κ2) is 7.48. The number of hydrogen-bond acceptors (Lipinski definition) is 8. The predicted molar refractivity (Wildman–Crippen MR) is 103 cm³/mol. The Kier molecular flexibility index (Phi) is 4.86. The van der Waals surface area contributed by atoms with Gasteiger partial charge in [0, 0.05) is 32.1 Å². The maximum atomic E-state index is 12.8. The first kappa shape index (κ1) is 18.8. The van der Waals surface area contributed by atoms with Crippen molar-refractivity contribution in [2.45, 2.75) is 18.5 Å². The van der Waals surface area contributed by atoms with Crippen LogP contribution in [0.1, 0.15) is 27.3 Å². The Balaban J connectivity index is 1.59. The third-order valence-corrected chi connectivity index (χ3v) is 4.67. The molecule has 12 heteroatoms. The molecule has 0 aliphatic carbocycles. The monoisotopic (exact) mass is 399 g/mol. The summed E-state index contributed by atoms with van der Waals surface area (Å²) in [6.07, 6.45) is 5.34. The fourth-order valence-corrected chi connectivity index (χ4v) is 3.15. The van der Waals surface area contributed by atoms with Crippen LogP contribution in [0.15, 0.2) is 24.7 Å². The fourth-order valence-electron chi connectivity index (χ4n) is 3.15. The van der Waals surface area contributed by atoms with Crippen molar-refractivity contribution < 1.29 is 14.3 Å². The van der Waals surface area contributed by atoms with Crippen LogP contribution in [0.2, 0.25) is 0 Å². The number of aryl methyl sites for hydroxylation is 1. The van der Waals surface area contributed by atoms with Gasteiger partial charge in [-0.05, 0) is 12.5 Å². The van der Waals surface area contributed by atoms with E-state index in [1.807, 2.05) is 0 Å². The summed E-state index contributed by atoms with van der Waals surface area (Å²) >= 11 is 0. The van der Waals surface area contributed by atoms with E-state index in [1.54, 1.807) is 19.3 Å². The standard InChI is InChI=1S/C17H21N9O3/c1-25-7-11(14(24-25)15(19)27)22-17(28)9-6-20-26-4-2-13(23-16(9)26)21-12-8-29-5-3-10(12)18/h2,4,6-7,10,12H,3,5,8,18H2,1H3,(H2,19,27)(H,21,23)(H,22,28)/t10-,12+/m1/s1. The van der Waals surface area contributed by atoms with Gasteiger partial charge in [-0.2, -0.15) is 10.2 Å². The molecule has 152 valence electrons. The number of aromatic nitrogens is 5. The van der Waals surface area contributed by atoms with E-state index in [4.69, 9.17) is 16.2 Å². The summed E-state index contributed by atoms with van der Waals surface area (Å²) in [4.78, 5) is 28.8. The molecule has 0 unspecified atom stereocenters. The first-order chi connectivity index (χ1) is 13.9. The number of rotatable bonds is 5. The highest BCUT2D eigenvalue weighted by Crippen LogP contribution is 2.18. The van der Waals surface area contributed by atoms with Crippen molar-refractivity contribution in [3.8, 4) is 0 Å². The van der Waals surface area contributed by atoms with Crippen LogP contribution in [-0.4, -0.2) is 61.5 Å². The number of hydrogen-bond donors (Lipinski definition) is 4. The average molecular weight is 399 g/mol. The van der Waals surface area contributed by atoms with Crippen molar-refractivity contribution in [2.75, 3.05) is 23.8 Å². The number of anilines is 2. The zero-order valence-electron chi connectivity index (χ0n) is 15.7. The van der Waals surface area contributed by atoms with E-state index in [9.17, 15) is 9.59 Å². The number of carbonyl (C=O) groups is 2. The van der Waals surface area contributed by atoms with Gasteiger partial charge in [0.1, 0.15) is 11.4 Å². The molecule has 29 heavy (non-hydrogen) atoms. The van der Waals surface area contributed by atoms with Crippen LogP contribution >= 0.6 is 0 Å². The summed E-state index contributed by atoms with van der Waals surface area (Å²) in [5.41, 5.74) is 12.2. The van der Waals surface area contributed by atoms with Gasteiger partial charge in [0.15, 0.2) is 11.3 Å². The molecular weight excluding hydrogens is 378 g/mol. The lowest BCUT2D eigenvalue weighted by Gasteiger charge is -2.29. The van der Waals surface area contributed by atoms with Crippen LogP contribution in [0.4, 0.5) is 11.5 Å². The molecule has 4 rings (SSSR count). The minimum atomic E-state index is -0.739. The fraction of sp³-hybridized carbons (Fsp3) is 0.353. The minimum Gasteiger partial charge on any atom is -0.379 e. The molecule has 1 aliphatic heterocycles. The Morgan fingerprint density at radius 2 is 2.21 bits per heavy atom. The summed E-state index contributed by atoms with van der Waals surface area (Å²) in [7, 11) is 1.62. The smallest absolute Gasteiger partial charge is 0.271 e. The summed E-state index contributed by atoms with van der Waals surface area (Å²) < 4.78 is 8.33. The Bertz CT molecular complexity index is 1070.